The Hall–Kier alpha value is -5.08. The molecular formula is C45H42N2. The molecule has 5 aromatic carbocycles. The summed E-state index contributed by atoms with van der Waals surface area (Å²) in [6.45, 7) is 13.9. The predicted molar refractivity (Wildman–Crippen MR) is 203 cm³/mol. The van der Waals surface area contributed by atoms with Gasteiger partial charge in [-0.3, -0.25) is 0 Å². The Morgan fingerprint density at radius 1 is 0.468 bits per heavy atom. The molecule has 0 saturated heterocycles. The van der Waals surface area contributed by atoms with E-state index in [4.69, 9.17) is 0 Å². The normalized spacial score (nSPS) is 17.7. The second-order valence-electron chi connectivity index (χ2n) is 14.8. The Morgan fingerprint density at radius 3 is 1.55 bits per heavy atom. The lowest BCUT2D eigenvalue weighted by molar-refractivity contribution is 0.622. The van der Waals surface area contributed by atoms with Crippen molar-refractivity contribution in [2.45, 2.75) is 58.0 Å². The van der Waals surface area contributed by atoms with E-state index in [1.807, 2.05) is 0 Å². The first-order valence-electron chi connectivity index (χ1n) is 16.8. The number of rotatable bonds is 4. The smallest absolute Gasteiger partial charge is 0.0580 e. The van der Waals surface area contributed by atoms with E-state index < -0.39 is 0 Å². The van der Waals surface area contributed by atoms with Crippen LogP contribution in [0.15, 0.2) is 121 Å². The Bertz CT molecular complexity index is 2120. The first-order valence-corrected chi connectivity index (χ1v) is 16.8. The summed E-state index contributed by atoms with van der Waals surface area (Å²) in [4.78, 5) is 4.92. The molecule has 0 fully saturated rings. The van der Waals surface area contributed by atoms with Crippen LogP contribution in [0.2, 0.25) is 0 Å². The number of para-hydroxylation sites is 2. The van der Waals surface area contributed by atoms with Crippen LogP contribution in [-0.2, 0) is 5.41 Å². The minimum absolute atomic E-state index is 0.104. The Kier molecular flexibility index (Phi) is 6.53. The molecule has 0 saturated carbocycles. The van der Waals surface area contributed by atoms with Crippen molar-refractivity contribution in [1.82, 2.24) is 0 Å². The van der Waals surface area contributed by atoms with Crippen LogP contribution < -0.4 is 9.80 Å². The fraction of sp³-hybridized carbons (Fsp3) is 0.200. The Labute approximate surface area is 280 Å². The molecule has 2 aliphatic heterocycles. The zero-order valence-electron chi connectivity index (χ0n) is 28.3. The van der Waals surface area contributed by atoms with Crippen molar-refractivity contribution < 1.29 is 0 Å². The second-order valence-corrected chi connectivity index (χ2v) is 14.8. The number of benzene rings is 5. The Balaban J connectivity index is 1.07. The van der Waals surface area contributed by atoms with Crippen molar-refractivity contribution in [2.75, 3.05) is 9.80 Å². The maximum absolute atomic E-state index is 2.49. The van der Waals surface area contributed by atoms with Crippen LogP contribution in [0, 0.1) is 0 Å². The largest absolute Gasteiger partial charge is 0.332 e. The van der Waals surface area contributed by atoms with Crippen LogP contribution >= 0.6 is 0 Å². The van der Waals surface area contributed by atoms with Crippen molar-refractivity contribution in [2.24, 2.45) is 0 Å². The summed E-state index contributed by atoms with van der Waals surface area (Å²) in [5.74, 6) is 0. The van der Waals surface area contributed by atoms with E-state index in [1.165, 1.54) is 67.3 Å². The van der Waals surface area contributed by atoms with Gasteiger partial charge >= 0.3 is 0 Å². The van der Waals surface area contributed by atoms with Gasteiger partial charge in [-0.05, 0) is 109 Å². The molecule has 0 bridgehead atoms. The standard InChI is InChI=1S/C45H42N2/c1-43(2)27-25-33-11-7-9-13-41(33)46(43)35-20-17-31(18-21-35)15-16-32-19-23-37-38-24-22-36(30-40(38)45(5,6)39(37)29-32)47-42-14-10-8-12-34(42)26-28-44(47,3)4/h7-30H,1-6H3. The van der Waals surface area contributed by atoms with Crippen molar-refractivity contribution in [1.29, 1.82) is 0 Å². The molecule has 2 nitrogen and oxygen atoms in total. The fourth-order valence-electron chi connectivity index (χ4n) is 7.88. The van der Waals surface area contributed by atoms with Gasteiger partial charge in [-0.2, -0.15) is 0 Å². The molecule has 3 aliphatic rings. The number of nitrogens with zero attached hydrogens (tertiary/aromatic N) is 2. The SMILES string of the molecule is CC1(C)c2cc(C=Cc3ccc(N4c5ccccc5C=CC4(C)C)cc3)ccc2-c2ccc(N3c4ccccc4C=CC3(C)C)cc21. The van der Waals surface area contributed by atoms with Crippen LogP contribution in [0.25, 0.3) is 35.4 Å². The molecule has 232 valence electrons. The van der Waals surface area contributed by atoms with Crippen LogP contribution in [0.5, 0.6) is 0 Å². The molecule has 0 N–H and O–H groups in total. The van der Waals surface area contributed by atoms with Gasteiger partial charge in [0, 0.05) is 28.2 Å². The molecule has 0 aromatic heterocycles. The van der Waals surface area contributed by atoms with Gasteiger partial charge in [0.2, 0.25) is 0 Å². The van der Waals surface area contributed by atoms with E-state index in [9.17, 15) is 0 Å². The van der Waals surface area contributed by atoms with E-state index in [-0.39, 0.29) is 16.5 Å². The Morgan fingerprint density at radius 2 is 0.936 bits per heavy atom. The minimum atomic E-state index is -0.125. The predicted octanol–water partition coefficient (Wildman–Crippen LogP) is 12.1. The summed E-state index contributed by atoms with van der Waals surface area (Å²) in [6.07, 6.45) is 13.6. The van der Waals surface area contributed by atoms with E-state index in [0.29, 0.717) is 0 Å². The van der Waals surface area contributed by atoms with Crippen molar-refractivity contribution >= 4 is 47.1 Å². The number of hydrogen-bond acceptors (Lipinski definition) is 2. The van der Waals surface area contributed by atoms with Crippen LogP contribution in [0.1, 0.15) is 74.9 Å². The molecule has 2 heterocycles. The topological polar surface area (TPSA) is 6.48 Å². The summed E-state index contributed by atoms with van der Waals surface area (Å²) in [5.41, 5.74) is 15.0. The highest BCUT2D eigenvalue weighted by atomic mass is 15.2. The molecule has 1 aliphatic carbocycles. The van der Waals surface area contributed by atoms with Gasteiger partial charge in [-0.1, -0.05) is 123 Å². The molecule has 47 heavy (non-hydrogen) atoms. The molecule has 5 aromatic rings. The van der Waals surface area contributed by atoms with Gasteiger partial charge in [0.05, 0.1) is 11.1 Å². The molecule has 8 rings (SSSR count). The van der Waals surface area contributed by atoms with Crippen molar-refractivity contribution in [3.63, 3.8) is 0 Å². The number of fused-ring (bicyclic) bond motifs is 5. The first-order chi connectivity index (χ1) is 22.5. The highest BCUT2D eigenvalue weighted by Crippen LogP contribution is 2.51. The van der Waals surface area contributed by atoms with Gasteiger partial charge < -0.3 is 9.80 Å². The molecule has 0 spiro atoms. The maximum Gasteiger partial charge on any atom is 0.0580 e. The lowest BCUT2D eigenvalue weighted by Crippen LogP contribution is -2.40. The third-order valence-electron chi connectivity index (χ3n) is 10.4. The number of anilines is 4. The summed E-state index contributed by atoms with van der Waals surface area (Å²) >= 11 is 0. The molecule has 2 heteroatoms. The van der Waals surface area contributed by atoms with Gasteiger partial charge in [0.25, 0.3) is 0 Å². The highest BCUT2D eigenvalue weighted by molar-refractivity contribution is 5.87. The molecule has 0 atom stereocenters. The van der Waals surface area contributed by atoms with E-state index in [0.717, 1.165) is 0 Å². The zero-order valence-corrected chi connectivity index (χ0v) is 28.3. The van der Waals surface area contributed by atoms with E-state index in [1.54, 1.807) is 0 Å². The zero-order chi connectivity index (χ0) is 32.6. The van der Waals surface area contributed by atoms with Gasteiger partial charge in [0.15, 0.2) is 0 Å². The summed E-state index contributed by atoms with van der Waals surface area (Å²) in [6, 6.07) is 40.3. The van der Waals surface area contributed by atoms with Gasteiger partial charge in [-0.25, -0.2) is 0 Å². The summed E-state index contributed by atoms with van der Waals surface area (Å²) in [7, 11) is 0. The average molecular weight is 611 g/mol. The molecule has 0 amide bonds. The third kappa shape index (κ3) is 4.78. The van der Waals surface area contributed by atoms with E-state index in [2.05, 4.69) is 197 Å². The lowest BCUT2D eigenvalue weighted by atomic mass is 9.81. The van der Waals surface area contributed by atoms with Crippen molar-refractivity contribution in [3.8, 4) is 11.1 Å². The molecular weight excluding hydrogens is 569 g/mol. The van der Waals surface area contributed by atoms with Gasteiger partial charge in [0.1, 0.15) is 0 Å². The quantitative estimate of drug-likeness (QED) is 0.187. The minimum Gasteiger partial charge on any atom is -0.332 e. The van der Waals surface area contributed by atoms with Crippen LogP contribution in [-0.4, -0.2) is 11.1 Å². The lowest BCUT2D eigenvalue weighted by Gasteiger charge is -2.42. The van der Waals surface area contributed by atoms with E-state index >= 15 is 0 Å². The van der Waals surface area contributed by atoms with Gasteiger partial charge in [-0.15, -0.1) is 0 Å². The summed E-state index contributed by atoms with van der Waals surface area (Å²) < 4.78 is 0. The average Bonchev–Trinajstić information content (AvgIpc) is 3.28. The van der Waals surface area contributed by atoms with Crippen LogP contribution in [0.4, 0.5) is 22.7 Å². The van der Waals surface area contributed by atoms with Crippen molar-refractivity contribution in [3.05, 3.63) is 155 Å². The first kappa shape index (κ1) is 29.3. The molecule has 0 unspecified atom stereocenters. The third-order valence-corrected chi connectivity index (χ3v) is 10.4. The number of hydrogen-bond donors (Lipinski definition) is 0. The second kappa shape index (κ2) is 10.5. The maximum atomic E-state index is 2.49. The highest BCUT2D eigenvalue weighted by Gasteiger charge is 2.38. The van der Waals surface area contributed by atoms with Crippen LogP contribution in [0.3, 0.4) is 0 Å². The summed E-state index contributed by atoms with van der Waals surface area (Å²) in [5, 5.41) is 0. The molecule has 0 radical (unpaired) electrons. The monoisotopic (exact) mass is 610 g/mol. The fourth-order valence-corrected chi connectivity index (χ4v) is 7.88.